The molecule has 0 saturated carbocycles. The fraction of sp³-hybridized carbons (Fsp3) is 0.688. The molecule has 0 unspecified atom stereocenters. The third-order valence-electron chi connectivity index (χ3n) is 3.75. The monoisotopic (exact) mass is 324 g/mol. The fourth-order valence-electron chi connectivity index (χ4n) is 2.43. The van der Waals surface area contributed by atoms with Crippen molar-refractivity contribution in [2.24, 2.45) is 4.99 Å². The number of likely N-dealkylation sites (N-methyl/N-ethyl adjacent to an activating group) is 1. The third-order valence-corrected chi connectivity index (χ3v) is 4.69. The van der Waals surface area contributed by atoms with E-state index in [0.29, 0.717) is 0 Å². The highest BCUT2D eigenvalue weighted by Gasteiger charge is 2.10. The summed E-state index contributed by atoms with van der Waals surface area (Å²) in [6, 6.07) is 4.31. The largest absolute Gasteiger partial charge is 0.379 e. The van der Waals surface area contributed by atoms with E-state index in [4.69, 9.17) is 9.73 Å². The van der Waals surface area contributed by atoms with Gasteiger partial charge in [0, 0.05) is 44.6 Å². The number of hydrogen-bond donors (Lipinski definition) is 1. The maximum atomic E-state index is 5.37. The minimum absolute atomic E-state index is 0.839. The number of thiophene rings is 1. The highest BCUT2D eigenvalue weighted by atomic mass is 32.1. The molecule has 0 bridgehead atoms. The fourth-order valence-corrected chi connectivity index (χ4v) is 3.13. The van der Waals surface area contributed by atoms with E-state index in [0.717, 1.165) is 64.9 Å². The molecule has 5 nitrogen and oxygen atoms in total. The summed E-state index contributed by atoms with van der Waals surface area (Å²) in [6.07, 6.45) is 1.07. The van der Waals surface area contributed by atoms with E-state index >= 15 is 0 Å². The molecule has 1 N–H and O–H groups in total. The van der Waals surface area contributed by atoms with E-state index in [1.54, 1.807) is 0 Å². The molecule has 0 radical (unpaired) electrons. The van der Waals surface area contributed by atoms with Gasteiger partial charge in [0.2, 0.25) is 0 Å². The minimum Gasteiger partial charge on any atom is -0.379 e. The molecule has 1 aromatic rings. The third kappa shape index (κ3) is 5.94. The highest BCUT2D eigenvalue weighted by Crippen LogP contribution is 2.09. The first-order chi connectivity index (χ1) is 10.8. The summed E-state index contributed by atoms with van der Waals surface area (Å²) in [4.78, 5) is 10.8. The van der Waals surface area contributed by atoms with E-state index in [9.17, 15) is 0 Å². The van der Waals surface area contributed by atoms with Crippen LogP contribution in [-0.4, -0.2) is 75.3 Å². The standard InChI is InChI=1S/C16H28N4OS/c1-3-17-16(18-7-9-20-10-12-21-13-11-20)19(2)8-6-15-5-4-14-22-15/h4-5,14H,3,6-13H2,1-2H3,(H,17,18). The van der Waals surface area contributed by atoms with Gasteiger partial charge in [-0.05, 0) is 24.8 Å². The van der Waals surface area contributed by atoms with Crippen LogP contribution in [0, 0.1) is 0 Å². The Balaban J connectivity index is 1.77. The molecule has 0 spiro atoms. The van der Waals surface area contributed by atoms with Crippen LogP contribution in [0.4, 0.5) is 0 Å². The summed E-state index contributed by atoms with van der Waals surface area (Å²) in [5, 5.41) is 5.52. The molecule has 1 aliphatic heterocycles. The lowest BCUT2D eigenvalue weighted by atomic mass is 10.3. The molecule has 2 heterocycles. The van der Waals surface area contributed by atoms with Crippen LogP contribution < -0.4 is 5.32 Å². The van der Waals surface area contributed by atoms with Gasteiger partial charge in [-0.1, -0.05) is 6.07 Å². The van der Waals surface area contributed by atoms with Crippen molar-refractivity contribution in [3.8, 4) is 0 Å². The molecule has 6 heteroatoms. The van der Waals surface area contributed by atoms with E-state index in [2.05, 4.69) is 46.6 Å². The van der Waals surface area contributed by atoms with Crippen LogP contribution in [0.25, 0.3) is 0 Å². The number of guanidine groups is 1. The van der Waals surface area contributed by atoms with E-state index in [1.807, 2.05) is 11.3 Å². The zero-order chi connectivity index (χ0) is 15.6. The van der Waals surface area contributed by atoms with Gasteiger partial charge in [-0.15, -0.1) is 11.3 Å². The zero-order valence-corrected chi connectivity index (χ0v) is 14.6. The molecule has 0 atom stereocenters. The van der Waals surface area contributed by atoms with Gasteiger partial charge < -0.3 is 15.0 Å². The van der Waals surface area contributed by atoms with Crippen LogP contribution in [0.2, 0.25) is 0 Å². The molecule has 0 aromatic carbocycles. The van der Waals surface area contributed by atoms with Crippen molar-refractivity contribution in [3.63, 3.8) is 0 Å². The van der Waals surface area contributed by atoms with Gasteiger partial charge in [0.15, 0.2) is 5.96 Å². The molecule has 0 aliphatic carbocycles. The molecule has 1 aromatic heterocycles. The van der Waals surface area contributed by atoms with Crippen LogP contribution in [0.5, 0.6) is 0 Å². The highest BCUT2D eigenvalue weighted by molar-refractivity contribution is 7.09. The first-order valence-corrected chi connectivity index (χ1v) is 8.99. The Morgan fingerprint density at radius 3 is 2.95 bits per heavy atom. The van der Waals surface area contributed by atoms with Gasteiger partial charge in [-0.3, -0.25) is 9.89 Å². The van der Waals surface area contributed by atoms with Crippen molar-refractivity contribution in [1.82, 2.24) is 15.1 Å². The van der Waals surface area contributed by atoms with Gasteiger partial charge in [0.25, 0.3) is 0 Å². The number of nitrogens with zero attached hydrogens (tertiary/aromatic N) is 3. The number of nitrogens with one attached hydrogen (secondary N) is 1. The Morgan fingerprint density at radius 1 is 1.45 bits per heavy atom. The zero-order valence-electron chi connectivity index (χ0n) is 13.8. The van der Waals surface area contributed by atoms with Crippen molar-refractivity contribution < 1.29 is 4.74 Å². The number of morpholine rings is 1. The lowest BCUT2D eigenvalue weighted by Gasteiger charge is -2.26. The summed E-state index contributed by atoms with van der Waals surface area (Å²) in [6.45, 7) is 9.62. The Kier molecular flexibility index (Phi) is 7.70. The van der Waals surface area contributed by atoms with Gasteiger partial charge in [0.1, 0.15) is 0 Å². The Hall–Kier alpha value is -1.11. The van der Waals surface area contributed by atoms with E-state index in [-0.39, 0.29) is 0 Å². The quantitative estimate of drug-likeness (QED) is 0.610. The summed E-state index contributed by atoms with van der Waals surface area (Å²) in [7, 11) is 2.11. The minimum atomic E-state index is 0.839. The van der Waals surface area contributed by atoms with Crippen LogP contribution in [0.1, 0.15) is 11.8 Å². The predicted molar refractivity (Wildman–Crippen MR) is 93.9 cm³/mol. The summed E-state index contributed by atoms with van der Waals surface area (Å²) in [5.74, 6) is 1.01. The maximum absolute atomic E-state index is 5.37. The van der Waals surface area contributed by atoms with E-state index < -0.39 is 0 Å². The van der Waals surface area contributed by atoms with Crippen molar-refractivity contribution in [3.05, 3.63) is 22.4 Å². The Labute approximate surface area is 138 Å². The molecule has 1 saturated heterocycles. The number of rotatable bonds is 7. The van der Waals surface area contributed by atoms with Crippen molar-refractivity contribution in [1.29, 1.82) is 0 Å². The first kappa shape index (κ1) is 17.2. The van der Waals surface area contributed by atoms with Crippen molar-refractivity contribution in [2.45, 2.75) is 13.3 Å². The number of aliphatic imine (C=N–C) groups is 1. The number of ether oxygens (including phenoxy) is 1. The van der Waals surface area contributed by atoms with Crippen LogP contribution >= 0.6 is 11.3 Å². The van der Waals surface area contributed by atoms with Crippen molar-refractivity contribution in [2.75, 3.05) is 59.5 Å². The molecular formula is C16H28N4OS. The summed E-state index contributed by atoms with van der Waals surface area (Å²) >= 11 is 1.82. The second-order valence-corrected chi connectivity index (χ2v) is 6.47. The summed E-state index contributed by atoms with van der Waals surface area (Å²) < 4.78 is 5.37. The van der Waals surface area contributed by atoms with Gasteiger partial charge >= 0.3 is 0 Å². The molecule has 1 fully saturated rings. The molecular weight excluding hydrogens is 296 g/mol. The lowest BCUT2D eigenvalue weighted by molar-refractivity contribution is 0.0394. The Morgan fingerprint density at radius 2 is 2.27 bits per heavy atom. The second kappa shape index (κ2) is 9.82. The normalized spacial score (nSPS) is 16.7. The predicted octanol–water partition coefficient (Wildman–Crippen LogP) is 1.52. The Bertz CT molecular complexity index is 429. The van der Waals surface area contributed by atoms with Crippen molar-refractivity contribution >= 4 is 17.3 Å². The molecule has 2 rings (SSSR count). The number of hydrogen-bond acceptors (Lipinski definition) is 4. The SMILES string of the molecule is CCNC(=NCCN1CCOCC1)N(C)CCc1cccs1. The van der Waals surface area contributed by atoms with Crippen LogP contribution in [-0.2, 0) is 11.2 Å². The second-order valence-electron chi connectivity index (χ2n) is 5.44. The van der Waals surface area contributed by atoms with Gasteiger partial charge in [-0.25, -0.2) is 0 Å². The average Bonchev–Trinajstić information content (AvgIpc) is 3.06. The summed E-state index contributed by atoms with van der Waals surface area (Å²) in [5.41, 5.74) is 0. The smallest absolute Gasteiger partial charge is 0.193 e. The van der Waals surface area contributed by atoms with Crippen LogP contribution in [0.3, 0.4) is 0 Å². The van der Waals surface area contributed by atoms with Crippen LogP contribution in [0.15, 0.2) is 22.5 Å². The van der Waals surface area contributed by atoms with Gasteiger partial charge in [-0.2, -0.15) is 0 Å². The average molecular weight is 324 g/mol. The maximum Gasteiger partial charge on any atom is 0.193 e. The lowest BCUT2D eigenvalue weighted by Crippen LogP contribution is -2.41. The molecule has 124 valence electrons. The van der Waals surface area contributed by atoms with E-state index in [1.165, 1.54) is 4.88 Å². The molecule has 0 amide bonds. The molecule has 22 heavy (non-hydrogen) atoms. The molecule has 1 aliphatic rings. The topological polar surface area (TPSA) is 40.1 Å². The van der Waals surface area contributed by atoms with Gasteiger partial charge in [0.05, 0.1) is 19.8 Å². The first-order valence-electron chi connectivity index (χ1n) is 8.11.